The Balaban J connectivity index is 1.65. The van der Waals surface area contributed by atoms with Crippen molar-refractivity contribution in [3.63, 3.8) is 0 Å². The summed E-state index contributed by atoms with van der Waals surface area (Å²) in [5.74, 6) is 1.74. The number of rotatable bonds is 5. The van der Waals surface area contributed by atoms with Crippen molar-refractivity contribution in [2.24, 2.45) is 0 Å². The van der Waals surface area contributed by atoms with Gasteiger partial charge in [0.25, 0.3) is 5.56 Å². The second-order valence-corrected chi connectivity index (χ2v) is 7.20. The van der Waals surface area contributed by atoms with Crippen LogP contribution in [0, 0.1) is 6.92 Å². The first-order chi connectivity index (χ1) is 14.0. The molecule has 0 saturated heterocycles. The van der Waals surface area contributed by atoms with Gasteiger partial charge in [-0.3, -0.25) is 14.2 Å². The van der Waals surface area contributed by atoms with Crippen molar-refractivity contribution in [3.8, 4) is 11.5 Å². The Kier molecular flexibility index (Phi) is 5.00. The number of carbonyl (C=O) groups is 1. The van der Waals surface area contributed by atoms with Crippen molar-refractivity contribution in [1.29, 1.82) is 0 Å². The minimum atomic E-state index is -0.247. The van der Waals surface area contributed by atoms with Gasteiger partial charge in [-0.15, -0.1) is 0 Å². The summed E-state index contributed by atoms with van der Waals surface area (Å²) in [6.45, 7) is 2.58. The fraction of sp³-hybridized carbons (Fsp3) is 0.381. The van der Waals surface area contributed by atoms with Gasteiger partial charge < -0.3 is 19.4 Å². The van der Waals surface area contributed by atoms with Crippen LogP contribution < -0.4 is 20.3 Å². The predicted octanol–water partition coefficient (Wildman–Crippen LogP) is 2.50. The van der Waals surface area contributed by atoms with Crippen molar-refractivity contribution in [2.75, 3.05) is 19.5 Å². The zero-order chi connectivity index (χ0) is 20.5. The maximum absolute atomic E-state index is 13.1. The summed E-state index contributed by atoms with van der Waals surface area (Å²) in [4.78, 5) is 30.5. The molecule has 152 valence electrons. The Morgan fingerprint density at radius 3 is 2.55 bits per heavy atom. The zero-order valence-electron chi connectivity index (χ0n) is 16.8. The topological polar surface area (TPSA) is 87.4 Å². The number of ether oxygens (including phenoxy) is 2. The molecule has 1 aromatic carbocycles. The van der Waals surface area contributed by atoms with Crippen LogP contribution >= 0.6 is 0 Å². The Morgan fingerprint density at radius 2 is 1.86 bits per heavy atom. The Morgan fingerprint density at radius 1 is 1.14 bits per heavy atom. The van der Waals surface area contributed by atoms with Gasteiger partial charge in [-0.2, -0.15) is 0 Å². The van der Waals surface area contributed by atoms with Gasteiger partial charge in [-0.1, -0.05) is 0 Å². The molecule has 0 saturated carbocycles. The molecule has 0 atom stereocenters. The van der Waals surface area contributed by atoms with Crippen molar-refractivity contribution < 1.29 is 14.3 Å². The quantitative estimate of drug-likeness (QED) is 0.716. The summed E-state index contributed by atoms with van der Waals surface area (Å²) in [6, 6.07) is 7.03. The number of hydrogen-bond donors (Lipinski definition) is 1. The Bertz CT molecular complexity index is 1120. The summed E-state index contributed by atoms with van der Waals surface area (Å²) in [5, 5.41) is 2.85. The molecule has 0 bridgehead atoms. The van der Waals surface area contributed by atoms with Crippen LogP contribution in [0.3, 0.4) is 0 Å². The van der Waals surface area contributed by atoms with E-state index in [1.807, 2.05) is 13.0 Å². The molecule has 1 aliphatic rings. The number of aryl methyl sites for hydroxylation is 2. The molecule has 29 heavy (non-hydrogen) atoms. The number of amides is 1. The van der Waals surface area contributed by atoms with E-state index >= 15 is 0 Å². The van der Waals surface area contributed by atoms with E-state index in [-0.39, 0.29) is 18.0 Å². The second-order valence-electron chi connectivity index (χ2n) is 7.20. The molecule has 1 amide bonds. The third-order valence-corrected chi connectivity index (χ3v) is 5.26. The van der Waals surface area contributed by atoms with Gasteiger partial charge in [-0.05, 0) is 25.8 Å². The molecule has 0 spiro atoms. The molecule has 3 heterocycles. The lowest BCUT2D eigenvalue weighted by atomic mass is 10.1. The standard InChI is InChI=1S/C21H24N4O4/c1-13-8-17-20(21(27)24-7-5-4-6-18(24)23-17)25(13)12-19(26)22-14-9-15(28-2)11-16(10-14)29-3/h8-11H,4-7,12H2,1-3H3,(H,22,26). The fourth-order valence-electron chi connectivity index (χ4n) is 3.82. The number of methoxy groups -OCH3 is 2. The monoisotopic (exact) mass is 396 g/mol. The van der Waals surface area contributed by atoms with E-state index in [2.05, 4.69) is 10.3 Å². The third-order valence-electron chi connectivity index (χ3n) is 5.26. The number of aromatic nitrogens is 3. The maximum Gasteiger partial charge on any atom is 0.278 e. The average molecular weight is 396 g/mol. The SMILES string of the molecule is COc1cc(NC(=O)Cn2c(C)cc3nc4n(c(=O)c32)CCCC4)cc(OC)c1. The van der Waals surface area contributed by atoms with Crippen LogP contribution in [0.25, 0.3) is 11.0 Å². The predicted molar refractivity (Wildman–Crippen MR) is 110 cm³/mol. The summed E-state index contributed by atoms with van der Waals surface area (Å²) < 4.78 is 14.0. The number of anilines is 1. The normalized spacial score (nSPS) is 13.2. The molecular formula is C21H24N4O4. The van der Waals surface area contributed by atoms with Crippen LogP contribution in [0.4, 0.5) is 5.69 Å². The number of carbonyl (C=O) groups excluding carboxylic acids is 1. The minimum absolute atomic E-state index is 0.0190. The Labute approximate surface area is 168 Å². The summed E-state index contributed by atoms with van der Waals surface area (Å²) in [6.07, 6.45) is 2.83. The van der Waals surface area contributed by atoms with Crippen LogP contribution in [0.2, 0.25) is 0 Å². The molecule has 0 fully saturated rings. The summed E-state index contributed by atoms with van der Waals surface area (Å²) in [7, 11) is 3.10. The van der Waals surface area contributed by atoms with E-state index < -0.39 is 0 Å². The van der Waals surface area contributed by atoms with Gasteiger partial charge in [0.2, 0.25) is 5.91 Å². The highest BCUT2D eigenvalue weighted by Crippen LogP contribution is 2.26. The number of benzene rings is 1. The second kappa shape index (κ2) is 7.62. The van der Waals surface area contributed by atoms with Crippen molar-refractivity contribution in [1.82, 2.24) is 14.1 Å². The molecule has 0 radical (unpaired) electrons. The molecule has 0 aliphatic carbocycles. The first-order valence-corrected chi connectivity index (χ1v) is 9.62. The van der Waals surface area contributed by atoms with Crippen LogP contribution in [-0.2, 0) is 24.3 Å². The molecule has 8 nitrogen and oxygen atoms in total. The molecule has 1 aliphatic heterocycles. The Hall–Kier alpha value is -3.29. The smallest absolute Gasteiger partial charge is 0.278 e. The average Bonchev–Trinajstić information content (AvgIpc) is 3.02. The van der Waals surface area contributed by atoms with Gasteiger partial charge in [0, 0.05) is 42.5 Å². The van der Waals surface area contributed by atoms with Crippen LogP contribution in [0.5, 0.6) is 11.5 Å². The van der Waals surface area contributed by atoms with Crippen LogP contribution in [0.15, 0.2) is 29.1 Å². The third kappa shape index (κ3) is 3.57. The lowest BCUT2D eigenvalue weighted by Crippen LogP contribution is -2.30. The minimum Gasteiger partial charge on any atom is -0.497 e. The number of fused-ring (bicyclic) bond motifs is 2. The van der Waals surface area contributed by atoms with Crippen molar-refractivity contribution >= 4 is 22.6 Å². The number of nitrogens with zero attached hydrogens (tertiary/aromatic N) is 3. The fourth-order valence-corrected chi connectivity index (χ4v) is 3.82. The van der Waals surface area contributed by atoms with E-state index in [4.69, 9.17) is 9.47 Å². The van der Waals surface area contributed by atoms with E-state index in [1.165, 1.54) is 0 Å². The van der Waals surface area contributed by atoms with Gasteiger partial charge in [0.1, 0.15) is 29.4 Å². The summed E-state index contributed by atoms with van der Waals surface area (Å²) >= 11 is 0. The molecule has 4 rings (SSSR count). The van der Waals surface area contributed by atoms with E-state index in [9.17, 15) is 9.59 Å². The van der Waals surface area contributed by atoms with Crippen molar-refractivity contribution in [3.05, 3.63) is 46.1 Å². The molecular weight excluding hydrogens is 372 g/mol. The van der Waals surface area contributed by atoms with Crippen LogP contribution in [0.1, 0.15) is 24.4 Å². The lowest BCUT2D eigenvalue weighted by molar-refractivity contribution is -0.116. The highest BCUT2D eigenvalue weighted by molar-refractivity contribution is 5.92. The summed E-state index contributed by atoms with van der Waals surface area (Å²) in [5.41, 5.74) is 2.44. The molecule has 8 heteroatoms. The van der Waals surface area contributed by atoms with Gasteiger partial charge in [0.15, 0.2) is 0 Å². The molecule has 2 aromatic heterocycles. The molecule has 1 N–H and O–H groups in total. The zero-order valence-corrected chi connectivity index (χ0v) is 16.8. The largest absolute Gasteiger partial charge is 0.497 e. The van der Waals surface area contributed by atoms with Gasteiger partial charge in [0.05, 0.1) is 19.7 Å². The number of nitrogens with one attached hydrogen (secondary N) is 1. The number of hydrogen-bond acceptors (Lipinski definition) is 5. The molecule has 0 unspecified atom stereocenters. The highest BCUT2D eigenvalue weighted by atomic mass is 16.5. The van der Waals surface area contributed by atoms with E-state index in [1.54, 1.807) is 41.6 Å². The lowest BCUT2D eigenvalue weighted by Gasteiger charge is -2.17. The first kappa shape index (κ1) is 19.0. The van der Waals surface area contributed by atoms with Gasteiger partial charge >= 0.3 is 0 Å². The maximum atomic E-state index is 13.1. The first-order valence-electron chi connectivity index (χ1n) is 9.62. The molecule has 3 aromatic rings. The van der Waals surface area contributed by atoms with Gasteiger partial charge in [-0.25, -0.2) is 4.98 Å². The van der Waals surface area contributed by atoms with Crippen LogP contribution in [-0.4, -0.2) is 34.2 Å². The van der Waals surface area contributed by atoms with E-state index in [0.29, 0.717) is 34.8 Å². The highest BCUT2D eigenvalue weighted by Gasteiger charge is 2.20. The van der Waals surface area contributed by atoms with E-state index in [0.717, 1.165) is 30.8 Å². The van der Waals surface area contributed by atoms with Crippen molar-refractivity contribution in [2.45, 2.75) is 39.3 Å².